The van der Waals surface area contributed by atoms with Gasteiger partial charge in [-0.25, -0.2) is 10.1 Å². The van der Waals surface area contributed by atoms with Crippen LogP contribution in [0.25, 0.3) is 0 Å². The maximum Gasteiger partial charge on any atom is 0.338 e. The third-order valence-corrected chi connectivity index (χ3v) is 1.18. The minimum absolute atomic E-state index is 0.0629. The van der Waals surface area contributed by atoms with E-state index in [1.807, 2.05) is 0 Å². The molecule has 1 aliphatic heterocycles. The number of hydrogen-bond donors (Lipinski definition) is 1. The molecule has 0 unspecified atom stereocenters. The maximum atomic E-state index is 10.8. The Hall–Kier alpha value is -1.58. The zero-order valence-electron chi connectivity index (χ0n) is 6.00. The van der Waals surface area contributed by atoms with Crippen molar-refractivity contribution in [2.24, 2.45) is 0 Å². The number of amidine groups is 1. The predicted octanol–water partition coefficient (Wildman–Crippen LogP) is 0.195. The summed E-state index contributed by atoms with van der Waals surface area (Å²) in [5.74, 6) is -0.381. The molecule has 0 saturated heterocycles. The molecule has 0 spiro atoms. The van der Waals surface area contributed by atoms with Gasteiger partial charge in [0.1, 0.15) is 5.84 Å². The van der Waals surface area contributed by atoms with Crippen LogP contribution in [0.3, 0.4) is 0 Å². The quantitative estimate of drug-likeness (QED) is 0.544. The topological polar surface area (TPSA) is 64.2 Å². The molecule has 0 amide bonds. The van der Waals surface area contributed by atoms with Crippen molar-refractivity contribution in [2.45, 2.75) is 0 Å². The molecule has 1 aliphatic rings. The van der Waals surface area contributed by atoms with E-state index in [0.717, 1.165) is 0 Å². The number of hydrogen-bond acceptors (Lipinski definition) is 3. The van der Waals surface area contributed by atoms with Crippen molar-refractivity contribution < 1.29 is 9.53 Å². The van der Waals surface area contributed by atoms with Gasteiger partial charge in [-0.05, 0) is 12.2 Å². The maximum absolute atomic E-state index is 10.8. The SMILES string of the molecule is COC(=O)C1=CC(=N)[N]C=C1. The first kappa shape index (κ1) is 7.53. The largest absolute Gasteiger partial charge is 0.465 e. The molecule has 0 fully saturated rings. The van der Waals surface area contributed by atoms with Gasteiger partial charge in [-0.15, -0.1) is 0 Å². The van der Waals surface area contributed by atoms with E-state index >= 15 is 0 Å². The van der Waals surface area contributed by atoms with E-state index in [1.54, 1.807) is 0 Å². The molecule has 0 bridgehead atoms. The Bertz CT molecular complexity index is 253. The third kappa shape index (κ3) is 1.67. The normalized spacial score (nSPS) is 15.4. The standard InChI is InChI=1S/C7H7N2O2/c1-11-7(10)5-2-3-9-6(8)4-5/h2-4,8H,1H3. The molecule has 4 nitrogen and oxygen atoms in total. The van der Waals surface area contributed by atoms with Gasteiger partial charge in [0.2, 0.25) is 0 Å². The summed E-state index contributed by atoms with van der Waals surface area (Å²) in [6, 6.07) is 0. The van der Waals surface area contributed by atoms with Gasteiger partial charge in [0.05, 0.1) is 12.7 Å². The van der Waals surface area contributed by atoms with Gasteiger partial charge in [-0.3, -0.25) is 5.41 Å². The summed E-state index contributed by atoms with van der Waals surface area (Å²) in [7, 11) is 1.30. The summed E-state index contributed by atoms with van der Waals surface area (Å²) in [6.45, 7) is 0. The highest BCUT2D eigenvalue weighted by Crippen LogP contribution is 2.03. The summed E-state index contributed by atoms with van der Waals surface area (Å²) in [6.07, 6.45) is 4.25. The van der Waals surface area contributed by atoms with E-state index in [-0.39, 0.29) is 5.84 Å². The van der Waals surface area contributed by atoms with Crippen molar-refractivity contribution in [1.82, 2.24) is 5.32 Å². The molecule has 1 radical (unpaired) electrons. The highest BCUT2D eigenvalue weighted by molar-refractivity contribution is 6.03. The fourth-order valence-corrected chi connectivity index (χ4v) is 0.675. The first-order chi connectivity index (χ1) is 5.24. The van der Waals surface area contributed by atoms with Crippen molar-refractivity contribution in [3.63, 3.8) is 0 Å². The fraction of sp³-hybridized carbons (Fsp3) is 0.143. The Kier molecular flexibility index (Phi) is 2.06. The van der Waals surface area contributed by atoms with E-state index < -0.39 is 5.97 Å². The van der Waals surface area contributed by atoms with E-state index in [1.165, 1.54) is 25.5 Å². The summed E-state index contributed by atoms with van der Waals surface area (Å²) >= 11 is 0. The van der Waals surface area contributed by atoms with Gasteiger partial charge < -0.3 is 4.74 Å². The number of methoxy groups -OCH3 is 1. The Balaban J connectivity index is 2.79. The van der Waals surface area contributed by atoms with Gasteiger partial charge in [-0.2, -0.15) is 0 Å². The van der Waals surface area contributed by atoms with Crippen LogP contribution in [-0.2, 0) is 9.53 Å². The Morgan fingerprint density at radius 3 is 3.00 bits per heavy atom. The fourth-order valence-electron chi connectivity index (χ4n) is 0.675. The van der Waals surface area contributed by atoms with Crippen LogP contribution >= 0.6 is 0 Å². The lowest BCUT2D eigenvalue weighted by Gasteiger charge is -2.04. The lowest BCUT2D eigenvalue weighted by Crippen LogP contribution is -2.14. The number of nitrogens with one attached hydrogen (secondary N) is 1. The number of nitrogens with zero attached hydrogens (tertiary/aromatic N) is 1. The van der Waals surface area contributed by atoms with Crippen LogP contribution in [0.4, 0.5) is 0 Å². The first-order valence-corrected chi connectivity index (χ1v) is 3.00. The number of esters is 1. The second-order valence-electron chi connectivity index (χ2n) is 1.92. The monoisotopic (exact) mass is 151 g/mol. The Morgan fingerprint density at radius 2 is 2.45 bits per heavy atom. The van der Waals surface area contributed by atoms with Crippen LogP contribution in [0.1, 0.15) is 0 Å². The zero-order valence-corrected chi connectivity index (χ0v) is 6.00. The predicted molar refractivity (Wildman–Crippen MR) is 39.1 cm³/mol. The van der Waals surface area contributed by atoms with Crippen LogP contribution in [0.2, 0.25) is 0 Å². The summed E-state index contributed by atoms with van der Waals surface area (Å²) in [4.78, 5) is 10.8. The molecule has 0 atom stereocenters. The molecule has 0 aromatic carbocycles. The van der Waals surface area contributed by atoms with E-state index in [0.29, 0.717) is 5.57 Å². The van der Waals surface area contributed by atoms with Gasteiger partial charge >= 0.3 is 5.97 Å². The molecule has 0 aliphatic carbocycles. The van der Waals surface area contributed by atoms with Gasteiger partial charge in [0.15, 0.2) is 0 Å². The molecular weight excluding hydrogens is 144 g/mol. The minimum Gasteiger partial charge on any atom is -0.465 e. The molecule has 0 saturated carbocycles. The Morgan fingerprint density at radius 1 is 1.73 bits per heavy atom. The van der Waals surface area contributed by atoms with Crippen molar-refractivity contribution in [2.75, 3.05) is 7.11 Å². The number of carbonyl (C=O) groups is 1. The van der Waals surface area contributed by atoms with E-state index in [2.05, 4.69) is 10.1 Å². The van der Waals surface area contributed by atoms with Crippen molar-refractivity contribution in [3.05, 3.63) is 23.9 Å². The lowest BCUT2D eigenvalue weighted by atomic mass is 10.2. The number of rotatable bonds is 1. The molecule has 1 N–H and O–H groups in total. The lowest BCUT2D eigenvalue weighted by molar-refractivity contribution is -0.135. The van der Waals surface area contributed by atoms with Crippen LogP contribution in [-0.4, -0.2) is 18.9 Å². The van der Waals surface area contributed by atoms with Crippen molar-refractivity contribution >= 4 is 11.8 Å². The third-order valence-electron chi connectivity index (χ3n) is 1.18. The van der Waals surface area contributed by atoms with Gasteiger partial charge in [0, 0.05) is 6.20 Å². The molecule has 0 aromatic heterocycles. The van der Waals surface area contributed by atoms with Gasteiger partial charge in [-0.1, -0.05) is 0 Å². The minimum atomic E-state index is -0.444. The molecule has 4 heteroatoms. The van der Waals surface area contributed by atoms with Crippen LogP contribution in [0.15, 0.2) is 23.9 Å². The van der Waals surface area contributed by atoms with Crippen LogP contribution in [0, 0.1) is 5.41 Å². The zero-order chi connectivity index (χ0) is 8.27. The smallest absolute Gasteiger partial charge is 0.338 e. The van der Waals surface area contributed by atoms with E-state index in [9.17, 15) is 4.79 Å². The highest BCUT2D eigenvalue weighted by atomic mass is 16.5. The molecule has 57 valence electrons. The number of carbonyl (C=O) groups excluding carboxylic acids is 1. The van der Waals surface area contributed by atoms with Gasteiger partial charge in [0.25, 0.3) is 0 Å². The summed E-state index contributed by atoms with van der Waals surface area (Å²) < 4.78 is 4.44. The number of ether oxygens (including phenoxy) is 1. The van der Waals surface area contributed by atoms with Crippen LogP contribution < -0.4 is 5.32 Å². The molecule has 1 heterocycles. The van der Waals surface area contributed by atoms with Crippen molar-refractivity contribution in [3.8, 4) is 0 Å². The average molecular weight is 151 g/mol. The Labute approximate surface area is 64.1 Å². The second kappa shape index (κ2) is 3.01. The van der Waals surface area contributed by atoms with Crippen molar-refractivity contribution in [1.29, 1.82) is 5.41 Å². The molecule has 11 heavy (non-hydrogen) atoms. The molecular formula is C7H7N2O2. The second-order valence-corrected chi connectivity index (χ2v) is 1.92. The summed E-state index contributed by atoms with van der Waals surface area (Å²) in [5.41, 5.74) is 0.354. The average Bonchev–Trinajstić information content (AvgIpc) is 2.03. The van der Waals surface area contributed by atoms with E-state index in [4.69, 9.17) is 5.41 Å². The van der Waals surface area contributed by atoms with Crippen LogP contribution in [0.5, 0.6) is 0 Å². The molecule has 1 rings (SSSR count). The first-order valence-electron chi connectivity index (χ1n) is 3.00. The highest BCUT2D eigenvalue weighted by Gasteiger charge is 2.09. The molecule has 0 aromatic rings. The summed E-state index contributed by atoms with van der Waals surface area (Å²) in [5, 5.41) is 10.7.